The van der Waals surface area contributed by atoms with Crippen molar-refractivity contribution < 1.29 is 18.0 Å². The molecule has 0 saturated carbocycles. The second kappa shape index (κ2) is 12.4. The first-order chi connectivity index (χ1) is 15.6. The van der Waals surface area contributed by atoms with E-state index in [0.29, 0.717) is 25.2 Å². The van der Waals surface area contributed by atoms with E-state index in [1.165, 1.54) is 4.90 Å². The number of rotatable bonds is 12. The van der Waals surface area contributed by atoms with Crippen molar-refractivity contribution in [3.05, 3.63) is 65.7 Å². The molecule has 2 amide bonds. The van der Waals surface area contributed by atoms with Crippen molar-refractivity contribution in [1.82, 2.24) is 10.2 Å². The predicted octanol–water partition coefficient (Wildman–Crippen LogP) is 3.14. The molecule has 0 heterocycles. The summed E-state index contributed by atoms with van der Waals surface area (Å²) in [6.45, 7) is 6.05. The molecule has 2 aromatic carbocycles. The molecular weight excluding hydrogens is 438 g/mol. The summed E-state index contributed by atoms with van der Waals surface area (Å²) in [5.41, 5.74) is 2.35. The Morgan fingerprint density at radius 3 is 2.36 bits per heavy atom. The number of anilines is 1. The Hall–Kier alpha value is -2.87. The molecule has 0 aliphatic rings. The quantitative estimate of drug-likeness (QED) is 0.480. The minimum Gasteiger partial charge on any atom is -0.354 e. The van der Waals surface area contributed by atoms with Crippen molar-refractivity contribution >= 4 is 27.5 Å². The number of hydrogen-bond acceptors (Lipinski definition) is 4. The van der Waals surface area contributed by atoms with Crippen LogP contribution >= 0.6 is 0 Å². The molecule has 33 heavy (non-hydrogen) atoms. The molecule has 0 saturated heterocycles. The average Bonchev–Trinajstić information content (AvgIpc) is 2.77. The summed E-state index contributed by atoms with van der Waals surface area (Å²) in [7, 11) is -3.71. The number of carbonyl (C=O) groups is 2. The van der Waals surface area contributed by atoms with E-state index < -0.39 is 22.0 Å². The summed E-state index contributed by atoms with van der Waals surface area (Å²) < 4.78 is 26.2. The van der Waals surface area contributed by atoms with Gasteiger partial charge < -0.3 is 10.2 Å². The zero-order valence-electron chi connectivity index (χ0n) is 20.0. The third-order valence-electron chi connectivity index (χ3n) is 5.45. The number of amides is 2. The minimum atomic E-state index is -3.71. The van der Waals surface area contributed by atoms with E-state index in [2.05, 4.69) is 5.32 Å². The van der Waals surface area contributed by atoms with Crippen LogP contribution in [0.25, 0.3) is 0 Å². The van der Waals surface area contributed by atoms with Gasteiger partial charge in [-0.3, -0.25) is 13.9 Å². The Morgan fingerprint density at radius 1 is 1.06 bits per heavy atom. The lowest BCUT2D eigenvalue weighted by molar-refractivity contribution is -0.138. The molecule has 0 unspecified atom stereocenters. The maximum Gasteiger partial charge on any atom is 0.244 e. The molecule has 0 aromatic heterocycles. The minimum absolute atomic E-state index is 0.244. The second-order valence-corrected chi connectivity index (χ2v) is 10.2. The van der Waals surface area contributed by atoms with Crippen molar-refractivity contribution in [2.45, 2.75) is 46.1 Å². The molecule has 8 heteroatoms. The van der Waals surface area contributed by atoms with Crippen LogP contribution in [-0.2, 0) is 26.0 Å². The van der Waals surface area contributed by atoms with Crippen molar-refractivity contribution in [1.29, 1.82) is 0 Å². The zero-order valence-corrected chi connectivity index (χ0v) is 20.8. The average molecular weight is 474 g/mol. The van der Waals surface area contributed by atoms with Gasteiger partial charge in [0.2, 0.25) is 21.8 Å². The highest BCUT2D eigenvalue weighted by Gasteiger charge is 2.29. The Kier molecular flexibility index (Phi) is 9.91. The summed E-state index contributed by atoms with van der Waals surface area (Å²) in [5, 5.41) is 2.87. The van der Waals surface area contributed by atoms with E-state index in [1.807, 2.05) is 50.2 Å². The maximum absolute atomic E-state index is 13.4. The maximum atomic E-state index is 13.4. The first-order valence-electron chi connectivity index (χ1n) is 11.3. The summed E-state index contributed by atoms with van der Waals surface area (Å²) in [6, 6.07) is 16.0. The van der Waals surface area contributed by atoms with Gasteiger partial charge in [0.1, 0.15) is 12.6 Å². The Morgan fingerprint density at radius 2 is 1.76 bits per heavy atom. The van der Waals surface area contributed by atoms with Crippen LogP contribution < -0.4 is 9.62 Å². The fourth-order valence-corrected chi connectivity index (χ4v) is 4.34. The van der Waals surface area contributed by atoms with Gasteiger partial charge >= 0.3 is 0 Å². The van der Waals surface area contributed by atoms with Crippen LogP contribution in [0.1, 0.15) is 37.8 Å². The van der Waals surface area contributed by atoms with Crippen LogP contribution in [0, 0.1) is 6.92 Å². The van der Waals surface area contributed by atoms with Gasteiger partial charge in [0, 0.05) is 13.1 Å². The summed E-state index contributed by atoms with van der Waals surface area (Å²) in [5.74, 6) is -0.665. The van der Waals surface area contributed by atoms with Gasteiger partial charge in [0.15, 0.2) is 0 Å². The van der Waals surface area contributed by atoms with Crippen molar-refractivity contribution in [2.75, 3.05) is 30.2 Å². The fraction of sp³-hybridized carbons (Fsp3) is 0.440. The molecule has 2 aromatic rings. The SMILES string of the molecule is CCCCNC(=O)[C@H](C)N(CCc1ccccc1)C(=O)CN(c1cccc(C)c1)S(C)(=O)=O. The molecule has 1 N–H and O–H groups in total. The smallest absolute Gasteiger partial charge is 0.244 e. The highest BCUT2D eigenvalue weighted by atomic mass is 32.2. The van der Waals surface area contributed by atoms with E-state index in [4.69, 9.17) is 0 Å². The lowest BCUT2D eigenvalue weighted by atomic mass is 10.1. The van der Waals surface area contributed by atoms with Gasteiger partial charge in [0.25, 0.3) is 0 Å². The number of carbonyl (C=O) groups excluding carboxylic acids is 2. The number of unbranched alkanes of at least 4 members (excludes halogenated alkanes) is 1. The van der Waals surface area contributed by atoms with Gasteiger partial charge in [-0.2, -0.15) is 0 Å². The van der Waals surface area contributed by atoms with E-state index in [0.717, 1.165) is 34.5 Å². The topological polar surface area (TPSA) is 86.8 Å². The number of nitrogens with zero attached hydrogens (tertiary/aromatic N) is 2. The Balaban J connectivity index is 2.26. The van der Waals surface area contributed by atoms with Gasteiger partial charge in [-0.05, 0) is 49.9 Å². The van der Waals surface area contributed by atoms with Crippen molar-refractivity contribution in [3.63, 3.8) is 0 Å². The number of sulfonamides is 1. The van der Waals surface area contributed by atoms with Gasteiger partial charge in [-0.15, -0.1) is 0 Å². The molecular formula is C25H35N3O4S. The summed E-state index contributed by atoms with van der Waals surface area (Å²) >= 11 is 0. The van der Waals surface area contributed by atoms with Crippen LogP contribution in [0.3, 0.4) is 0 Å². The first-order valence-corrected chi connectivity index (χ1v) is 13.1. The molecule has 7 nitrogen and oxygen atoms in total. The molecule has 2 rings (SSSR count). The second-order valence-electron chi connectivity index (χ2n) is 8.25. The van der Waals surface area contributed by atoms with Crippen LogP contribution in [-0.4, -0.2) is 57.1 Å². The summed E-state index contributed by atoms with van der Waals surface area (Å²) in [6.07, 6.45) is 3.44. The normalized spacial score (nSPS) is 12.1. The Bertz CT molecular complexity index is 1020. The largest absolute Gasteiger partial charge is 0.354 e. The number of aryl methyl sites for hydroxylation is 1. The van der Waals surface area contributed by atoms with E-state index in [-0.39, 0.29) is 12.5 Å². The highest BCUT2D eigenvalue weighted by molar-refractivity contribution is 7.92. The van der Waals surface area contributed by atoms with E-state index in [1.54, 1.807) is 25.1 Å². The molecule has 0 radical (unpaired) electrons. The predicted molar refractivity (Wildman–Crippen MR) is 133 cm³/mol. The lowest BCUT2D eigenvalue weighted by Gasteiger charge is -2.31. The van der Waals surface area contributed by atoms with E-state index >= 15 is 0 Å². The zero-order chi connectivity index (χ0) is 24.4. The first kappa shape index (κ1) is 26.4. The molecule has 0 aliphatic heterocycles. The number of nitrogens with one attached hydrogen (secondary N) is 1. The molecule has 0 spiro atoms. The third kappa shape index (κ3) is 8.20. The molecule has 0 bridgehead atoms. The number of hydrogen-bond donors (Lipinski definition) is 1. The molecule has 0 fully saturated rings. The standard InChI is InChI=1S/C25H35N3O4S/c1-5-6-16-26-25(30)21(3)27(17-15-22-12-8-7-9-13-22)24(29)19-28(33(4,31)32)23-14-10-11-20(2)18-23/h7-14,18,21H,5-6,15-17,19H2,1-4H3,(H,26,30)/t21-/m0/s1. The van der Waals surface area contributed by atoms with Crippen LogP contribution in [0.5, 0.6) is 0 Å². The van der Waals surface area contributed by atoms with Crippen molar-refractivity contribution in [3.8, 4) is 0 Å². The Labute approximate surface area is 197 Å². The third-order valence-corrected chi connectivity index (χ3v) is 6.59. The van der Waals surface area contributed by atoms with Crippen LogP contribution in [0.4, 0.5) is 5.69 Å². The molecule has 0 aliphatic carbocycles. The number of benzene rings is 2. The van der Waals surface area contributed by atoms with Crippen LogP contribution in [0.2, 0.25) is 0 Å². The van der Waals surface area contributed by atoms with Crippen molar-refractivity contribution in [2.24, 2.45) is 0 Å². The highest BCUT2D eigenvalue weighted by Crippen LogP contribution is 2.19. The van der Waals surface area contributed by atoms with E-state index in [9.17, 15) is 18.0 Å². The monoisotopic (exact) mass is 473 g/mol. The molecule has 1 atom stereocenters. The van der Waals surface area contributed by atoms with Gasteiger partial charge in [-0.1, -0.05) is 55.8 Å². The lowest BCUT2D eigenvalue weighted by Crippen LogP contribution is -2.52. The van der Waals surface area contributed by atoms with Gasteiger partial charge in [0.05, 0.1) is 11.9 Å². The van der Waals surface area contributed by atoms with Crippen LogP contribution in [0.15, 0.2) is 54.6 Å². The summed E-state index contributed by atoms with van der Waals surface area (Å²) in [4.78, 5) is 27.6. The molecule has 180 valence electrons. The fourth-order valence-electron chi connectivity index (χ4n) is 3.50. The van der Waals surface area contributed by atoms with Gasteiger partial charge in [-0.25, -0.2) is 8.42 Å².